The molecule has 0 aliphatic heterocycles. The van der Waals surface area contributed by atoms with Crippen LogP contribution in [-0.2, 0) is 4.74 Å². The third-order valence-electron chi connectivity index (χ3n) is 3.55. The maximum Gasteiger partial charge on any atom is 0.119 e. The normalized spacial score (nSPS) is 14.1. The predicted molar refractivity (Wildman–Crippen MR) is 85.2 cm³/mol. The van der Waals surface area contributed by atoms with Crippen molar-refractivity contribution >= 4 is 0 Å². The highest BCUT2D eigenvalue weighted by Crippen LogP contribution is 2.36. The minimum absolute atomic E-state index is 0.172. The number of ether oxygens (including phenoxy) is 2. The average Bonchev–Trinajstić information content (AvgIpc) is 2.32. The quantitative estimate of drug-likeness (QED) is 0.658. The van der Waals surface area contributed by atoms with Crippen molar-refractivity contribution in [2.45, 2.75) is 54.1 Å². The van der Waals surface area contributed by atoms with Crippen molar-refractivity contribution in [3.05, 3.63) is 30.3 Å². The molecule has 0 heterocycles. The molecule has 0 saturated heterocycles. The van der Waals surface area contributed by atoms with E-state index >= 15 is 0 Å². The predicted octanol–water partition coefficient (Wildman–Crippen LogP) is 4.93. The van der Waals surface area contributed by atoms with Crippen LogP contribution in [0.1, 0.15) is 48.0 Å². The van der Waals surface area contributed by atoms with E-state index in [1.807, 2.05) is 30.3 Å². The van der Waals surface area contributed by atoms with Crippen molar-refractivity contribution < 1.29 is 9.47 Å². The summed E-state index contributed by atoms with van der Waals surface area (Å²) >= 11 is 0. The maximum absolute atomic E-state index is 5.95. The fraction of sp³-hybridized carbons (Fsp3) is 0.667. The molecule has 1 rings (SSSR count). The Morgan fingerprint density at radius 3 is 2.10 bits per heavy atom. The summed E-state index contributed by atoms with van der Waals surface area (Å²) in [6, 6.07) is 9.87. The van der Waals surface area contributed by atoms with Gasteiger partial charge in [0.1, 0.15) is 12.4 Å². The van der Waals surface area contributed by atoms with Crippen LogP contribution in [0.2, 0.25) is 0 Å². The van der Waals surface area contributed by atoms with E-state index < -0.39 is 0 Å². The highest BCUT2D eigenvalue weighted by Gasteiger charge is 2.31. The molecular weight excluding hydrogens is 248 g/mol. The van der Waals surface area contributed by atoms with E-state index in [9.17, 15) is 0 Å². The van der Waals surface area contributed by atoms with E-state index in [0.717, 1.165) is 12.2 Å². The number of para-hydroxylation sites is 1. The summed E-state index contributed by atoms with van der Waals surface area (Å²) in [6.07, 6.45) is 1.36. The molecule has 2 heteroatoms. The van der Waals surface area contributed by atoms with E-state index in [-0.39, 0.29) is 11.5 Å². The second-order valence-electron chi connectivity index (χ2n) is 7.40. The smallest absolute Gasteiger partial charge is 0.119 e. The molecule has 0 aromatic heterocycles. The Kier molecular flexibility index (Phi) is 6.07. The molecule has 0 radical (unpaired) electrons. The SMILES string of the molecule is CC(OCCOc1ccccc1)C(C)(C)CC(C)(C)C. The lowest BCUT2D eigenvalue weighted by Crippen LogP contribution is -2.34. The first kappa shape index (κ1) is 17.0. The standard InChI is InChI=1S/C18H30O2/c1-15(18(5,6)14-17(2,3)4)19-12-13-20-16-10-8-7-9-11-16/h7-11,15H,12-14H2,1-6H3. The monoisotopic (exact) mass is 278 g/mol. The minimum atomic E-state index is 0.172. The molecule has 0 fully saturated rings. The van der Waals surface area contributed by atoms with Crippen LogP contribution in [0.4, 0.5) is 0 Å². The van der Waals surface area contributed by atoms with Gasteiger partial charge in [0.05, 0.1) is 12.7 Å². The molecule has 114 valence electrons. The number of hydrogen-bond donors (Lipinski definition) is 0. The van der Waals surface area contributed by atoms with Gasteiger partial charge in [-0.2, -0.15) is 0 Å². The first-order chi connectivity index (χ1) is 9.21. The third-order valence-corrected chi connectivity index (χ3v) is 3.55. The topological polar surface area (TPSA) is 18.5 Å². The molecule has 0 amide bonds. The maximum atomic E-state index is 5.95. The van der Waals surface area contributed by atoms with Crippen molar-refractivity contribution in [2.75, 3.05) is 13.2 Å². The summed E-state index contributed by atoms with van der Waals surface area (Å²) in [5, 5.41) is 0. The number of benzene rings is 1. The Morgan fingerprint density at radius 2 is 1.55 bits per heavy atom. The average molecular weight is 278 g/mol. The summed E-state index contributed by atoms with van der Waals surface area (Å²) in [5.74, 6) is 0.901. The molecule has 0 bridgehead atoms. The highest BCUT2D eigenvalue weighted by atomic mass is 16.5. The first-order valence-electron chi connectivity index (χ1n) is 7.50. The van der Waals surface area contributed by atoms with Gasteiger partial charge in [-0.15, -0.1) is 0 Å². The first-order valence-corrected chi connectivity index (χ1v) is 7.50. The van der Waals surface area contributed by atoms with E-state index in [1.54, 1.807) is 0 Å². The van der Waals surface area contributed by atoms with Crippen molar-refractivity contribution in [3.8, 4) is 5.75 Å². The highest BCUT2D eigenvalue weighted by molar-refractivity contribution is 5.20. The number of hydrogen-bond acceptors (Lipinski definition) is 2. The van der Waals surface area contributed by atoms with E-state index in [2.05, 4.69) is 41.5 Å². The fourth-order valence-corrected chi connectivity index (χ4v) is 2.64. The van der Waals surface area contributed by atoms with Crippen LogP contribution in [0.15, 0.2) is 30.3 Å². The molecule has 0 spiro atoms. The summed E-state index contributed by atoms with van der Waals surface area (Å²) < 4.78 is 11.6. The van der Waals surface area contributed by atoms with E-state index in [0.29, 0.717) is 18.6 Å². The molecule has 1 aromatic carbocycles. The Bertz CT molecular complexity index is 376. The zero-order valence-electron chi connectivity index (χ0n) is 13.9. The summed E-state index contributed by atoms with van der Waals surface area (Å²) in [5.41, 5.74) is 0.493. The molecule has 0 saturated carbocycles. The van der Waals surface area contributed by atoms with Crippen LogP contribution >= 0.6 is 0 Å². The van der Waals surface area contributed by atoms with Gasteiger partial charge in [-0.3, -0.25) is 0 Å². The van der Waals surface area contributed by atoms with Crippen LogP contribution in [0.25, 0.3) is 0 Å². The van der Waals surface area contributed by atoms with Crippen LogP contribution in [0, 0.1) is 10.8 Å². The van der Waals surface area contributed by atoms with Gasteiger partial charge in [-0.25, -0.2) is 0 Å². The van der Waals surface area contributed by atoms with Crippen LogP contribution in [0.3, 0.4) is 0 Å². The van der Waals surface area contributed by atoms with Gasteiger partial charge < -0.3 is 9.47 Å². The lowest BCUT2D eigenvalue weighted by Gasteiger charge is -2.37. The van der Waals surface area contributed by atoms with E-state index in [1.165, 1.54) is 0 Å². The molecule has 1 unspecified atom stereocenters. The Labute approximate surface area is 124 Å². The molecule has 1 atom stereocenters. The largest absolute Gasteiger partial charge is 0.491 e. The van der Waals surface area contributed by atoms with Crippen molar-refractivity contribution in [1.82, 2.24) is 0 Å². The summed E-state index contributed by atoms with van der Waals surface area (Å²) in [6.45, 7) is 14.8. The molecular formula is C18H30O2. The molecule has 0 aliphatic carbocycles. The Balaban J connectivity index is 2.30. The number of rotatable bonds is 7. The van der Waals surface area contributed by atoms with Gasteiger partial charge in [-0.1, -0.05) is 52.8 Å². The van der Waals surface area contributed by atoms with Gasteiger partial charge in [0.2, 0.25) is 0 Å². The van der Waals surface area contributed by atoms with Crippen molar-refractivity contribution in [1.29, 1.82) is 0 Å². The van der Waals surface area contributed by atoms with Crippen molar-refractivity contribution in [2.24, 2.45) is 10.8 Å². The lowest BCUT2D eigenvalue weighted by atomic mass is 9.73. The van der Waals surface area contributed by atoms with Gasteiger partial charge in [0, 0.05) is 0 Å². The molecule has 1 aromatic rings. The van der Waals surface area contributed by atoms with Crippen molar-refractivity contribution in [3.63, 3.8) is 0 Å². The lowest BCUT2D eigenvalue weighted by molar-refractivity contribution is -0.0390. The Hall–Kier alpha value is -1.02. The third kappa shape index (κ3) is 6.42. The van der Waals surface area contributed by atoms with Gasteiger partial charge >= 0.3 is 0 Å². The molecule has 0 aliphatic rings. The molecule has 2 nitrogen and oxygen atoms in total. The van der Waals surface area contributed by atoms with Gasteiger partial charge in [0.15, 0.2) is 0 Å². The minimum Gasteiger partial charge on any atom is -0.491 e. The summed E-state index contributed by atoms with van der Waals surface area (Å²) in [7, 11) is 0. The van der Waals surface area contributed by atoms with Gasteiger partial charge in [-0.05, 0) is 36.3 Å². The van der Waals surface area contributed by atoms with E-state index in [4.69, 9.17) is 9.47 Å². The zero-order valence-corrected chi connectivity index (χ0v) is 13.9. The second-order valence-corrected chi connectivity index (χ2v) is 7.40. The Morgan fingerprint density at radius 1 is 0.950 bits per heavy atom. The van der Waals surface area contributed by atoms with Crippen LogP contribution in [0.5, 0.6) is 5.75 Å². The van der Waals surface area contributed by atoms with Crippen LogP contribution < -0.4 is 4.74 Å². The summed E-state index contributed by atoms with van der Waals surface area (Å²) in [4.78, 5) is 0. The second kappa shape index (κ2) is 7.12. The molecule has 0 N–H and O–H groups in total. The fourth-order valence-electron chi connectivity index (χ4n) is 2.64. The van der Waals surface area contributed by atoms with Crippen LogP contribution in [-0.4, -0.2) is 19.3 Å². The zero-order chi connectivity index (χ0) is 15.2. The molecule has 20 heavy (non-hydrogen) atoms. The van der Waals surface area contributed by atoms with Gasteiger partial charge in [0.25, 0.3) is 0 Å².